The van der Waals surface area contributed by atoms with Gasteiger partial charge in [0.2, 0.25) is 15.9 Å². The van der Waals surface area contributed by atoms with Crippen molar-refractivity contribution >= 4 is 15.9 Å². The minimum absolute atomic E-state index is 0.159. The van der Waals surface area contributed by atoms with Crippen LogP contribution in [0.25, 0.3) is 0 Å². The summed E-state index contributed by atoms with van der Waals surface area (Å²) >= 11 is 0. The van der Waals surface area contributed by atoms with Gasteiger partial charge in [0.25, 0.3) is 0 Å². The van der Waals surface area contributed by atoms with Crippen LogP contribution in [0.3, 0.4) is 0 Å². The number of aryl methyl sites for hydroxylation is 1. The van der Waals surface area contributed by atoms with Gasteiger partial charge in [0.15, 0.2) is 0 Å². The Labute approximate surface area is 184 Å². The molecule has 2 aromatic rings. The van der Waals surface area contributed by atoms with E-state index >= 15 is 0 Å². The van der Waals surface area contributed by atoms with E-state index in [2.05, 4.69) is 5.32 Å². The smallest absolute Gasteiger partial charge is 0.242 e. The lowest BCUT2D eigenvalue weighted by Crippen LogP contribution is -2.36. The molecule has 0 heterocycles. The quantitative estimate of drug-likeness (QED) is 0.565. The summed E-state index contributed by atoms with van der Waals surface area (Å²) in [6.45, 7) is 2.17. The number of carbonyl (C=O) groups is 1. The predicted octanol–water partition coefficient (Wildman–Crippen LogP) is 2.47. The Bertz CT molecular complexity index is 974. The average Bonchev–Trinajstić information content (AvgIpc) is 2.76. The third-order valence-corrected chi connectivity index (χ3v) is 6.43. The Morgan fingerprint density at radius 1 is 1.03 bits per heavy atom. The van der Waals surface area contributed by atoms with E-state index in [4.69, 9.17) is 14.2 Å². The van der Waals surface area contributed by atoms with Crippen LogP contribution in [-0.2, 0) is 21.2 Å². The molecule has 0 aliphatic heterocycles. The van der Waals surface area contributed by atoms with Crippen molar-refractivity contribution in [1.82, 2.24) is 9.62 Å². The van der Waals surface area contributed by atoms with E-state index in [1.54, 1.807) is 43.5 Å². The monoisotopic (exact) mass is 450 g/mol. The van der Waals surface area contributed by atoms with Gasteiger partial charge in [-0.15, -0.1) is 0 Å². The Hall–Kier alpha value is -2.78. The zero-order valence-electron chi connectivity index (χ0n) is 18.5. The molecule has 31 heavy (non-hydrogen) atoms. The summed E-state index contributed by atoms with van der Waals surface area (Å²) in [4.78, 5) is 12.5. The molecule has 0 unspecified atom stereocenters. The molecule has 2 aromatic carbocycles. The summed E-state index contributed by atoms with van der Waals surface area (Å²) in [5, 5.41) is 2.89. The standard InChI is InChI=1S/C22H30N2O6S/c1-16(15-30-19-9-7-18(28-4)8-10-19)23-22(25)13-6-17-14-20(11-12-21(17)29-5)31(26,27)24(2)3/h7-12,14,16H,6,13,15H2,1-5H3,(H,23,25)/t16-/m0/s1. The molecular weight excluding hydrogens is 420 g/mol. The van der Waals surface area contributed by atoms with E-state index < -0.39 is 10.0 Å². The molecule has 0 radical (unpaired) electrons. The summed E-state index contributed by atoms with van der Waals surface area (Å²) in [7, 11) is 2.49. The van der Waals surface area contributed by atoms with Crippen molar-refractivity contribution in [2.45, 2.75) is 30.7 Å². The number of sulfonamides is 1. The minimum atomic E-state index is -3.57. The van der Waals surface area contributed by atoms with Gasteiger partial charge in [-0.3, -0.25) is 4.79 Å². The fourth-order valence-corrected chi connectivity index (χ4v) is 3.80. The van der Waals surface area contributed by atoms with Crippen molar-refractivity contribution in [2.24, 2.45) is 0 Å². The van der Waals surface area contributed by atoms with E-state index in [1.165, 1.54) is 27.3 Å². The third kappa shape index (κ3) is 6.86. The first-order valence-electron chi connectivity index (χ1n) is 9.83. The minimum Gasteiger partial charge on any atom is -0.497 e. The summed E-state index contributed by atoms with van der Waals surface area (Å²) in [6, 6.07) is 11.7. The van der Waals surface area contributed by atoms with Gasteiger partial charge in [0.05, 0.1) is 25.2 Å². The van der Waals surface area contributed by atoms with Gasteiger partial charge in [-0.1, -0.05) is 0 Å². The van der Waals surface area contributed by atoms with Crippen molar-refractivity contribution in [2.75, 3.05) is 34.9 Å². The van der Waals surface area contributed by atoms with E-state index in [1.807, 2.05) is 6.92 Å². The maximum atomic E-state index is 12.4. The maximum Gasteiger partial charge on any atom is 0.242 e. The first kappa shape index (κ1) is 24.5. The molecule has 0 bridgehead atoms. The molecule has 0 saturated heterocycles. The first-order valence-corrected chi connectivity index (χ1v) is 11.3. The topological polar surface area (TPSA) is 94.2 Å². The van der Waals surface area contributed by atoms with E-state index in [-0.39, 0.29) is 23.3 Å². The largest absolute Gasteiger partial charge is 0.497 e. The Morgan fingerprint density at radius 3 is 2.26 bits per heavy atom. The van der Waals surface area contributed by atoms with Gasteiger partial charge in [0.1, 0.15) is 23.9 Å². The van der Waals surface area contributed by atoms with E-state index in [9.17, 15) is 13.2 Å². The molecule has 9 heteroatoms. The molecule has 0 aliphatic rings. The highest BCUT2D eigenvalue weighted by molar-refractivity contribution is 7.89. The van der Waals surface area contributed by atoms with Crippen LogP contribution < -0.4 is 19.5 Å². The fraction of sp³-hybridized carbons (Fsp3) is 0.409. The SMILES string of the molecule is COc1ccc(OC[C@H](C)NC(=O)CCc2cc(S(=O)(=O)N(C)C)ccc2OC)cc1. The molecule has 170 valence electrons. The van der Waals surface area contributed by atoms with Crippen LogP contribution in [-0.4, -0.2) is 59.6 Å². The number of hydrogen-bond donors (Lipinski definition) is 1. The zero-order valence-corrected chi connectivity index (χ0v) is 19.4. The molecule has 2 rings (SSSR count). The molecule has 0 aromatic heterocycles. The van der Waals surface area contributed by atoms with Gasteiger partial charge in [-0.05, 0) is 61.4 Å². The van der Waals surface area contributed by atoms with Crippen LogP contribution in [0, 0.1) is 0 Å². The normalized spacial score (nSPS) is 12.3. The van der Waals surface area contributed by atoms with Gasteiger partial charge in [0, 0.05) is 20.5 Å². The number of benzene rings is 2. The highest BCUT2D eigenvalue weighted by atomic mass is 32.2. The van der Waals surface area contributed by atoms with Crippen molar-refractivity contribution < 1.29 is 27.4 Å². The van der Waals surface area contributed by atoms with Gasteiger partial charge in [-0.2, -0.15) is 0 Å². The Morgan fingerprint density at radius 2 is 1.68 bits per heavy atom. The molecule has 1 N–H and O–H groups in total. The second-order valence-electron chi connectivity index (χ2n) is 7.22. The molecule has 8 nitrogen and oxygen atoms in total. The number of carbonyl (C=O) groups excluding carboxylic acids is 1. The number of rotatable bonds is 11. The lowest BCUT2D eigenvalue weighted by atomic mass is 10.1. The number of nitrogens with one attached hydrogen (secondary N) is 1. The lowest BCUT2D eigenvalue weighted by Gasteiger charge is -2.16. The number of ether oxygens (including phenoxy) is 3. The average molecular weight is 451 g/mol. The van der Waals surface area contributed by atoms with Crippen LogP contribution in [0.2, 0.25) is 0 Å². The summed E-state index contributed by atoms with van der Waals surface area (Å²) in [6.07, 6.45) is 0.534. The van der Waals surface area contributed by atoms with Crippen LogP contribution in [0.1, 0.15) is 18.9 Å². The predicted molar refractivity (Wildman–Crippen MR) is 118 cm³/mol. The molecule has 0 fully saturated rings. The summed E-state index contributed by atoms with van der Waals surface area (Å²) < 4.78 is 42.0. The van der Waals surface area contributed by atoms with Crippen LogP contribution in [0.4, 0.5) is 0 Å². The molecule has 1 atom stereocenters. The highest BCUT2D eigenvalue weighted by Crippen LogP contribution is 2.25. The number of nitrogens with zero attached hydrogens (tertiary/aromatic N) is 1. The van der Waals surface area contributed by atoms with Gasteiger partial charge >= 0.3 is 0 Å². The number of hydrogen-bond acceptors (Lipinski definition) is 6. The molecule has 0 spiro atoms. The summed E-state index contributed by atoms with van der Waals surface area (Å²) in [5.41, 5.74) is 0.655. The number of methoxy groups -OCH3 is 2. The van der Waals surface area contributed by atoms with Crippen molar-refractivity contribution in [3.05, 3.63) is 48.0 Å². The Balaban J connectivity index is 1.92. The summed E-state index contributed by atoms with van der Waals surface area (Å²) in [5.74, 6) is 1.81. The highest BCUT2D eigenvalue weighted by Gasteiger charge is 2.19. The molecular formula is C22H30N2O6S. The molecule has 1 amide bonds. The Kier molecular flexibility index (Phi) is 8.70. The molecule has 0 saturated carbocycles. The third-order valence-electron chi connectivity index (χ3n) is 4.62. The second kappa shape index (κ2) is 11.0. The van der Waals surface area contributed by atoms with E-state index in [0.717, 1.165) is 10.1 Å². The number of amides is 1. The van der Waals surface area contributed by atoms with Crippen LogP contribution >= 0.6 is 0 Å². The second-order valence-corrected chi connectivity index (χ2v) is 9.37. The zero-order chi connectivity index (χ0) is 23.0. The fourth-order valence-electron chi connectivity index (χ4n) is 2.85. The maximum absolute atomic E-state index is 12.4. The molecule has 0 aliphatic carbocycles. The van der Waals surface area contributed by atoms with Crippen LogP contribution in [0.15, 0.2) is 47.4 Å². The van der Waals surface area contributed by atoms with Crippen molar-refractivity contribution in [3.63, 3.8) is 0 Å². The van der Waals surface area contributed by atoms with Crippen LogP contribution in [0.5, 0.6) is 17.2 Å². The first-order chi connectivity index (χ1) is 14.7. The van der Waals surface area contributed by atoms with Crippen molar-refractivity contribution in [1.29, 1.82) is 0 Å². The van der Waals surface area contributed by atoms with Crippen molar-refractivity contribution in [3.8, 4) is 17.2 Å². The van der Waals surface area contributed by atoms with Gasteiger partial charge < -0.3 is 19.5 Å². The lowest BCUT2D eigenvalue weighted by molar-refractivity contribution is -0.121. The van der Waals surface area contributed by atoms with Gasteiger partial charge in [-0.25, -0.2) is 12.7 Å². The van der Waals surface area contributed by atoms with E-state index in [0.29, 0.717) is 30.1 Å².